The van der Waals surface area contributed by atoms with Crippen LogP contribution in [0.25, 0.3) is 0 Å². The Kier molecular flexibility index (Phi) is 5.47. The van der Waals surface area contributed by atoms with E-state index < -0.39 is 11.8 Å². The highest BCUT2D eigenvalue weighted by Gasteiger charge is 2.08. The highest BCUT2D eigenvalue weighted by molar-refractivity contribution is 5.91. The van der Waals surface area contributed by atoms with Gasteiger partial charge in [-0.1, -0.05) is 12.1 Å². The van der Waals surface area contributed by atoms with Gasteiger partial charge < -0.3 is 16.0 Å². The van der Waals surface area contributed by atoms with E-state index in [9.17, 15) is 14.0 Å². The third-order valence-electron chi connectivity index (χ3n) is 3.05. The molecule has 0 saturated heterocycles. The van der Waals surface area contributed by atoms with Crippen LogP contribution in [0.4, 0.5) is 20.6 Å². The standard InChI is InChI=1S/C17H15FN4O2/c1-11(23)21-15-4-2-3-12(7-15)10-20-17(24)22-16-6-5-14(18)8-13(16)9-19/h2-8H,10H2,1H3,(H,21,23)(H2,20,22,24). The van der Waals surface area contributed by atoms with Gasteiger partial charge in [-0.3, -0.25) is 4.79 Å². The second kappa shape index (κ2) is 7.74. The number of hydrogen-bond donors (Lipinski definition) is 3. The van der Waals surface area contributed by atoms with Crippen molar-refractivity contribution in [2.45, 2.75) is 13.5 Å². The Labute approximate surface area is 138 Å². The van der Waals surface area contributed by atoms with Crippen molar-refractivity contribution >= 4 is 23.3 Å². The summed E-state index contributed by atoms with van der Waals surface area (Å²) in [7, 11) is 0. The zero-order chi connectivity index (χ0) is 17.5. The smallest absolute Gasteiger partial charge is 0.319 e. The van der Waals surface area contributed by atoms with E-state index in [4.69, 9.17) is 5.26 Å². The number of hydrogen-bond acceptors (Lipinski definition) is 3. The Bertz CT molecular complexity index is 814. The average Bonchev–Trinajstić information content (AvgIpc) is 2.54. The molecule has 0 saturated carbocycles. The van der Waals surface area contributed by atoms with Crippen molar-refractivity contribution in [2.75, 3.05) is 10.6 Å². The quantitative estimate of drug-likeness (QED) is 0.806. The molecule has 0 heterocycles. The summed E-state index contributed by atoms with van der Waals surface area (Å²) in [6.45, 7) is 1.64. The molecule has 6 nitrogen and oxygen atoms in total. The molecule has 24 heavy (non-hydrogen) atoms. The van der Waals surface area contributed by atoms with E-state index in [0.29, 0.717) is 5.69 Å². The van der Waals surface area contributed by atoms with E-state index in [1.54, 1.807) is 24.3 Å². The highest BCUT2D eigenvalue weighted by atomic mass is 19.1. The lowest BCUT2D eigenvalue weighted by atomic mass is 10.2. The summed E-state index contributed by atoms with van der Waals surface area (Å²) in [5.41, 5.74) is 1.68. The van der Waals surface area contributed by atoms with E-state index in [0.717, 1.165) is 17.7 Å². The van der Waals surface area contributed by atoms with Crippen LogP contribution in [0, 0.1) is 17.1 Å². The van der Waals surface area contributed by atoms with Crippen LogP contribution in [0.5, 0.6) is 0 Å². The van der Waals surface area contributed by atoms with Crippen LogP contribution in [-0.2, 0) is 11.3 Å². The number of amides is 3. The molecule has 122 valence electrons. The van der Waals surface area contributed by atoms with Gasteiger partial charge in [-0.05, 0) is 35.9 Å². The fourth-order valence-corrected chi connectivity index (χ4v) is 2.03. The minimum atomic E-state index is -0.549. The van der Waals surface area contributed by atoms with E-state index in [1.807, 2.05) is 6.07 Å². The Hall–Kier alpha value is -3.40. The third kappa shape index (κ3) is 4.81. The van der Waals surface area contributed by atoms with Gasteiger partial charge in [0.1, 0.15) is 11.9 Å². The van der Waals surface area contributed by atoms with Gasteiger partial charge in [-0.15, -0.1) is 0 Å². The molecular formula is C17H15FN4O2. The van der Waals surface area contributed by atoms with Gasteiger partial charge in [-0.25, -0.2) is 9.18 Å². The van der Waals surface area contributed by atoms with E-state index in [-0.39, 0.29) is 23.7 Å². The zero-order valence-corrected chi connectivity index (χ0v) is 12.9. The molecule has 2 aromatic rings. The number of benzene rings is 2. The first-order valence-corrected chi connectivity index (χ1v) is 7.09. The fourth-order valence-electron chi connectivity index (χ4n) is 2.03. The van der Waals surface area contributed by atoms with Crippen molar-refractivity contribution < 1.29 is 14.0 Å². The summed E-state index contributed by atoms with van der Waals surface area (Å²) in [5.74, 6) is -0.731. The van der Waals surface area contributed by atoms with Gasteiger partial charge in [0, 0.05) is 19.2 Å². The Balaban J connectivity index is 1.97. The first kappa shape index (κ1) is 17.0. The van der Waals surface area contributed by atoms with Crippen molar-refractivity contribution in [3.8, 4) is 6.07 Å². The molecule has 0 aliphatic carbocycles. The topological polar surface area (TPSA) is 94.0 Å². The average molecular weight is 326 g/mol. The summed E-state index contributed by atoms with van der Waals surface area (Å²) in [6, 6.07) is 11.9. The summed E-state index contributed by atoms with van der Waals surface area (Å²) in [6.07, 6.45) is 0. The molecule has 2 rings (SSSR count). The van der Waals surface area contributed by atoms with Crippen LogP contribution in [-0.4, -0.2) is 11.9 Å². The monoisotopic (exact) mass is 326 g/mol. The number of carbonyl (C=O) groups is 2. The molecule has 3 N–H and O–H groups in total. The van der Waals surface area contributed by atoms with Crippen LogP contribution >= 0.6 is 0 Å². The number of anilines is 2. The molecule has 0 spiro atoms. The normalized spacial score (nSPS) is 9.71. The van der Waals surface area contributed by atoms with Gasteiger partial charge in [0.15, 0.2) is 0 Å². The second-order valence-corrected chi connectivity index (χ2v) is 4.99. The van der Waals surface area contributed by atoms with Crippen LogP contribution in [0.2, 0.25) is 0 Å². The number of nitrogens with zero attached hydrogens (tertiary/aromatic N) is 1. The predicted octanol–water partition coefficient (Wildman–Crippen LogP) is 2.98. The molecule has 0 atom stereocenters. The van der Waals surface area contributed by atoms with Crippen molar-refractivity contribution in [3.05, 3.63) is 59.4 Å². The minimum absolute atomic E-state index is 0.0396. The maximum Gasteiger partial charge on any atom is 0.319 e. The maximum absolute atomic E-state index is 13.1. The SMILES string of the molecule is CC(=O)Nc1cccc(CNC(=O)Nc2ccc(F)cc2C#N)c1. The largest absolute Gasteiger partial charge is 0.334 e. The van der Waals surface area contributed by atoms with Crippen molar-refractivity contribution in [3.63, 3.8) is 0 Å². The number of nitrogens with one attached hydrogen (secondary N) is 3. The first-order valence-electron chi connectivity index (χ1n) is 7.09. The number of nitriles is 1. The molecule has 3 amide bonds. The molecular weight excluding hydrogens is 311 g/mol. The lowest BCUT2D eigenvalue weighted by Gasteiger charge is -2.10. The van der Waals surface area contributed by atoms with Crippen LogP contribution in [0.15, 0.2) is 42.5 Å². The Morgan fingerprint density at radius 2 is 1.96 bits per heavy atom. The van der Waals surface area contributed by atoms with Gasteiger partial charge in [0.2, 0.25) is 5.91 Å². The molecule has 0 aliphatic heterocycles. The molecule has 0 aliphatic rings. The first-order chi connectivity index (χ1) is 11.5. The van der Waals surface area contributed by atoms with Crippen LogP contribution in [0.3, 0.4) is 0 Å². The maximum atomic E-state index is 13.1. The van der Waals surface area contributed by atoms with Crippen LogP contribution in [0.1, 0.15) is 18.1 Å². The van der Waals surface area contributed by atoms with Gasteiger partial charge in [-0.2, -0.15) is 5.26 Å². The Morgan fingerprint density at radius 3 is 2.67 bits per heavy atom. The lowest BCUT2D eigenvalue weighted by molar-refractivity contribution is -0.114. The number of halogens is 1. The van der Waals surface area contributed by atoms with E-state index >= 15 is 0 Å². The molecule has 0 bridgehead atoms. The van der Waals surface area contributed by atoms with Crippen molar-refractivity contribution in [2.24, 2.45) is 0 Å². The number of carbonyl (C=O) groups excluding carboxylic acids is 2. The van der Waals surface area contributed by atoms with E-state index in [1.165, 1.54) is 13.0 Å². The minimum Gasteiger partial charge on any atom is -0.334 e. The molecule has 0 aromatic heterocycles. The summed E-state index contributed by atoms with van der Waals surface area (Å²) < 4.78 is 13.1. The second-order valence-electron chi connectivity index (χ2n) is 4.99. The summed E-state index contributed by atoms with van der Waals surface area (Å²) in [5, 5.41) is 16.7. The van der Waals surface area contributed by atoms with E-state index in [2.05, 4.69) is 16.0 Å². The summed E-state index contributed by atoms with van der Waals surface area (Å²) >= 11 is 0. The molecule has 0 radical (unpaired) electrons. The molecule has 0 unspecified atom stereocenters. The van der Waals surface area contributed by atoms with Crippen molar-refractivity contribution in [1.29, 1.82) is 5.26 Å². The zero-order valence-electron chi connectivity index (χ0n) is 12.9. The predicted molar refractivity (Wildman–Crippen MR) is 87.7 cm³/mol. The highest BCUT2D eigenvalue weighted by Crippen LogP contribution is 2.16. The number of rotatable bonds is 4. The van der Waals surface area contributed by atoms with Gasteiger partial charge in [0.25, 0.3) is 0 Å². The van der Waals surface area contributed by atoms with Crippen molar-refractivity contribution in [1.82, 2.24) is 5.32 Å². The Morgan fingerprint density at radius 1 is 1.17 bits per heavy atom. The fraction of sp³-hybridized carbons (Fsp3) is 0.118. The summed E-state index contributed by atoms with van der Waals surface area (Å²) in [4.78, 5) is 22.9. The van der Waals surface area contributed by atoms with Gasteiger partial charge >= 0.3 is 6.03 Å². The molecule has 0 fully saturated rings. The number of urea groups is 1. The lowest BCUT2D eigenvalue weighted by Crippen LogP contribution is -2.28. The molecule has 7 heteroatoms. The molecule has 2 aromatic carbocycles. The van der Waals surface area contributed by atoms with Gasteiger partial charge in [0.05, 0.1) is 11.3 Å². The third-order valence-corrected chi connectivity index (χ3v) is 3.05. The van der Waals surface area contributed by atoms with Crippen LogP contribution < -0.4 is 16.0 Å².